The summed E-state index contributed by atoms with van der Waals surface area (Å²) >= 11 is 4.27. The molecule has 20 heavy (non-hydrogen) atoms. The standard InChI is InChI=1S/C11H10BrNO4S3/c1-19(14,15)9-4-2-3-8(7-9)13-20(16,17)11-6-5-10(12)18-11/h2-7,13H,1H3. The van der Waals surface area contributed by atoms with Gasteiger partial charge in [0.2, 0.25) is 0 Å². The van der Waals surface area contributed by atoms with Gasteiger partial charge < -0.3 is 0 Å². The van der Waals surface area contributed by atoms with E-state index in [9.17, 15) is 16.8 Å². The van der Waals surface area contributed by atoms with Crippen LogP contribution < -0.4 is 4.72 Å². The van der Waals surface area contributed by atoms with E-state index in [1.54, 1.807) is 6.07 Å². The van der Waals surface area contributed by atoms with E-state index >= 15 is 0 Å². The maximum absolute atomic E-state index is 12.1. The van der Waals surface area contributed by atoms with Gasteiger partial charge in [-0.25, -0.2) is 16.8 Å². The molecule has 0 atom stereocenters. The summed E-state index contributed by atoms with van der Waals surface area (Å²) in [6, 6.07) is 8.78. The second-order valence-electron chi connectivity index (χ2n) is 3.96. The topological polar surface area (TPSA) is 80.3 Å². The zero-order chi connectivity index (χ0) is 15.0. The molecule has 1 heterocycles. The van der Waals surface area contributed by atoms with Gasteiger partial charge in [0.25, 0.3) is 10.0 Å². The first-order valence-electron chi connectivity index (χ1n) is 5.27. The third-order valence-electron chi connectivity index (χ3n) is 2.33. The smallest absolute Gasteiger partial charge is 0.271 e. The van der Waals surface area contributed by atoms with Crippen LogP contribution >= 0.6 is 27.3 Å². The van der Waals surface area contributed by atoms with E-state index in [4.69, 9.17) is 0 Å². The predicted molar refractivity (Wildman–Crippen MR) is 82.4 cm³/mol. The van der Waals surface area contributed by atoms with Crippen LogP contribution in [0, 0.1) is 0 Å². The predicted octanol–water partition coefficient (Wildman–Crippen LogP) is 2.71. The summed E-state index contributed by atoms with van der Waals surface area (Å²) < 4.78 is 50.3. The Hall–Kier alpha value is -0.900. The van der Waals surface area contributed by atoms with Gasteiger partial charge in [0, 0.05) is 6.26 Å². The van der Waals surface area contributed by atoms with E-state index in [2.05, 4.69) is 20.7 Å². The van der Waals surface area contributed by atoms with E-state index < -0.39 is 19.9 Å². The van der Waals surface area contributed by atoms with E-state index in [-0.39, 0.29) is 14.8 Å². The minimum Gasteiger partial charge on any atom is -0.279 e. The number of halogens is 1. The van der Waals surface area contributed by atoms with Gasteiger partial charge >= 0.3 is 0 Å². The summed E-state index contributed by atoms with van der Waals surface area (Å²) in [5, 5.41) is 0. The van der Waals surface area contributed by atoms with Crippen molar-refractivity contribution in [2.45, 2.75) is 9.10 Å². The molecule has 0 unspecified atom stereocenters. The molecule has 0 radical (unpaired) electrons. The molecule has 1 aromatic heterocycles. The van der Waals surface area contributed by atoms with Crippen LogP contribution in [-0.4, -0.2) is 23.1 Å². The second kappa shape index (κ2) is 5.47. The van der Waals surface area contributed by atoms with Gasteiger partial charge in [-0.1, -0.05) is 6.07 Å². The molecule has 0 spiro atoms. The van der Waals surface area contributed by atoms with Crippen LogP contribution in [0.5, 0.6) is 0 Å². The van der Waals surface area contributed by atoms with E-state index in [1.165, 1.54) is 30.3 Å². The molecule has 0 aliphatic rings. The Labute approximate surface area is 129 Å². The van der Waals surface area contributed by atoms with Crippen LogP contribution in [0.25, 0.3) is 0 Å². The summed E-state index contributed by atoms with van der Waals surface area (Å²) in [6.07, 6.45) is 1.07. The molecule has 1 aromatic carbocycles. The Kier molecular flexibility index (Phi) is 4.24. The number of benzene rings is 1. The molecule has 108 valence electrons. The highest BCUT2D eigenvalue weighted by atomic mass is 79.9. The van der Waals surface area contributed by atoms with Crippen LogP contribution in [-0.2, 0) is 19.9 Å². The van der Waals surface area contributed by atoms with Gasteiger partial charge in [-0.05, 0) is 46.3 Å². The number of sulfone groups is 1. The Bertz CT molecular complexity index is 840. The van der Waals surface area contributed by atoms with Crippen LogP contribution in [0.1, 0.15) is 0 Å². The summed E-state index contributed by atoms with van der Waals surface area (Å²) in [4.78, 5) is 0.0602. The summed E-state index contributed by atoms with van der Waals surface area (Å²) in [5.41, 5.74) is 0.206. The summed E-state index contributed by atoms with van der Waals surface area (Å²) in [6.45, 7) is 0. The Morgan fingerprint density at radius 3 is 2.35 bits per heavy atom. The van der Waals surface area contributed by atoms with E-state index in [0.717, 1.165) is 17.6 Å². The van der Waals surface area contributed by atoms with Gasteiger partial charge in [0.15, 0.2) is 9.84 Å². The van der Waals surface area contributed by atoms with Crippen molar-refractivity contribution in [2.24, 2.45) is 0 Å². The molecule has 9 heteroatoms. The van der Waals surface area contributed by atoms with Crippen molar-refractivity contribution >= 4 is 52.8 Å². The lowest BCUT2D eigenvalue weighted by atomic mass is 10.3. The maximum atomic E-state index is 12.1. The Morgan fingerprint density at radius 2 is 1.80 bits per heavy atom. The van der Waals surface area contributed by atoms with Crippen molar-refractivity contribution in [2.75, 3.05) is 11.0 Å². The number of rotatable bonds is 4. The lowest BCUT2D eigenvalue weighted by molar-refractivity contribution is 0.600. The fourth-order valence-corrected chi connectivity index (χ4v) is 5.16. The average molecular weight is 396 g/mol. The fourth-order valence-electron chi connectivity index (χ4n) is 1.44. The number of hydrogen-bond donors (Lipinski definition) is 1. The molecule has 5 nitrogen and oxygen atoms in total. The fraction of sp³-hybridized carbons (Fsp3) is 0.0909. The number of anilines is 1. The molecule has 0 bridgehead atoms. The third-order valence-corrected chi connectivity index (χ3v) is 6.93. The first-order valence-corrected chi connectivity index (χ1v) is 10.3. The largest absolute Gasteiger partial charge is 0.279 e. The van der Waals surface area contributed by atoms with Crippen molar-refractivity contribution in [1.82, 2.24) is 0 Å². The number of nitrogens with one attached hydrogen (secondary N) is 1. The number of thiophene rings is 1. The minimum absolute atomic E-state index is 0.0602. The van der Waals surface area contributed by atoms with Gasteiger partial charge in [0.1, 0.15) is 4.21 Å². The second-order valence-corrected chi connectivity index (χ2v) is 10.4. The Balaban J connectivity index is 2.35. The van der Waals surface area contributed by atoms with Gasteiger partial charge in [-0.2, -0.15) is 0 Å². The van der Waals surface area contributed by atoms with Crippen molar-refractivity contribution in [1.29, 1.82) is 0 Å². The zero-order valence-corrected chi connectivity index (χ0v) is 14.2. The third kappa shape index (κ3) is 3.60. The molecular weight excluding hydrogens is 386 g/mol. The molecule has 1 N–H and O–H groups in total. The van der Waals surface area contributed by atoms with Gasteiger partial charge in [-0.3, -0.25) is 4.72 Å². The quantitative estimate of drug-likeness (QED) is 0.862. The molecule has 0 saturated carbocycles. The minimum atomic E-state index is -3.71. The molecule has 0 amide bonds. The van der Waals surface area contributed by atoms with Gasteiger partial charge in [0.05, 0.1) is 14.4 Å². The zero-order valence-electron chi connectivity index (χ0n) is 10.2. The molecule has 2 aromatic rings. The van der Waals surface area contributed by atoms with Crippen molar-refractivity contribution in [3.63, 3.8) is 0 Å². The highest BCUT2D eigenvalue weighted by molar-refractivity contribution is 9.11. The normalized spacial score (nSPS) is 12.3. The maximum Gasteiger partial charge on any atom is 0.271 e. The molecule has 0 aliphatic carbocycles. The molecule has 0 saturated heterocycles. The van der Waals surface area contributed by atoms with Crippen LogP contribution in [0.4, 0.5) is 5.69 Å². The highest BCUT2D eigenvalue weighted by Gasteiger charge is 2.17. The first-order chi connectivity index (χ1) is 9.18. The van der Waals surface area contributed by atoms with E-state index in [0.29, 0.717) is 3.79 Å². The SMILES string of the molecule is CS(=O)(=O)c1cccc(NS(=O)(=O)c2ccc(Br)s2)c1. The lowest BCUT2D eigenvalue weighted by Gasteiger charge is -2.07. The van der Waals surface area contributed by atoms with Crippen LogP contribution in [0.3, 0.4) is 0 Å². The van der Waals surface area contributed by atoms with Crippen LogP contribution in [0.15, 0.2) is 49.3 Å². The number of sulfonamides is 1. The molecule has 0 fully saturated rings. The first kappa shape index (κ1) is 15.5. The molecular formula is C11H10BrNO4S3. The monoisotopic (exact) mass is 395 g/mol. The Morgan fingerprint density at radius 1 is 1.10 bits per heavy atom. The van der Waals surface area contributed by atoms with Crippen molar-refractivity contribution < 1.29 is 16.8 Å². The highest BCUT2D eigenvalue weighted by Crippen LogP contribution is 2.28. The lowest BCUT2D eigenvalue weighted by Crippen LogP contribution is -2.11. The summed E-state index contributed by atoms with van der Waals surface area (Å²) in [5.74, 6) is 0. The van der Waals surface area contributed by atoms with E-state index in [1.807, 2.05) is 0 Å². The van der Waals surface area contributed by atoms with Crippen molar-refractivity contribution in [3.8, 4) is 0 Å². The average Bonchev–Trinajstić information content (AvgIpc) is 2.75. The summed E-state index contributed by atoms with van der Waals surface area (Å²) in [7, 11) is -7.09. The number of hydrogen-bond acceptors (Lipinski definition) is 5. The van der Waals surface area contributed by atoms with Crippen molar-refractivity contribution in [3.05, 3.63) is 40.2 Å². The molecule has 2 rings (SSSR count). The van der Waals surface area contributed by atoms with Gasteiger partial charge in [-0.15, -0.1) is 11.3 Å². The molecule has 0 aliphatic heterocycles. The van der Waals surface area contributed by atoms with Crippen LogP contribution in [0.2, 0.25) is 0 Å².